The van der Waals surface area contributed by atoms with Gasteiger partial charge in [0.25, 0.3) is 5.91 Å². The number of hydrogen-bond acceptors (Lipinski definition) is 3. The van der Waals surface area contributed by atoms with Crippen LogP contribution in [0, 0.1) is 5.82 Å². The fraction of sp³-hybridized carbons (Fsp3) is 0.381. The van der Waals surface area contributed by atoms with Gasteiger partial charge in [-0.1, -0.05) is 23.7 Å². The number of phenolic OH excluding ortho intramolecular Hbond substituents is 1. The number of piperidine rings is 1. The molecule has 4 rings (SSSR count). The van der Waals surface area contributed by atoms with Gasteiger partial charge in [0.05, 0.1) is 12.1 Å². The first-order valence-electron chi connectivity index (χ1n) is 9.12. The fourth-order valence-corrected chi connectivity index (χ4v) is 4.73. The number of carbonyl (C=O) groups is 1. The number of hydrogen-bond donors (Lipinski definition) is 1. The first-order chi connectivity index (χ1) is 13.0. The molecule has 2 aromatic rings. The van der Waals surface area contributed by atoms with Gasteiger partial charge in [0.1, 0.15) is 5.82 Å². The lowest BCUT2D eigenvalue weighted by Gasteiger charge is -2.39. The van der Waals surface area contributed by atoms with Crippen molar-refractivity contribution in [1.29, 1.82) is 0 Å². The van der Waals surface area contributed by atoms with E-state index in [9.17, 15) is 14.3 Å². The molecule has 1 N–H and O–H groups in total. The monoisotopic (exact) mass is 389 g/mol. The van der Waals surface area contributed by atoms with E-state index in [0.29, 0.717) is 11.5 Å². The van der Waals surface area contributed by atoms with E-state index in [2.05, 4.69) is 0 Å². The first kappa shape index (κ1) is 18.1. The van der Waals surface area contributed by atoms with E-state index in [1.54, 1.807) is 0 Å². The number of methoxy groups -OCH3 is 1. The second-order valence-electron chi connectivity index (χ2n) is 7.33. The highest BCUT2D eigenvalue weighted by molar-refractivity contribution is 6.32. The van der Waals surface area contributed by atoms with Crippen molar-refractivity contribution < 1.29 is 19.0 Å². The standard InChI is InChI=1S/C21H21ClFNO3/c1-27-19-11-14(10-18(22)20(19)25)21(26)24-16-6-7-17(24)9-13(8-16)12-2-4-15(23)5-3-12/h2-5,10-11,13,16-17,25H,6-9H2,1H3/t13-,16+,17-. The van der Waals surface area contributed by atoms with Gasteiger partial charge in [-0.3, -0.25) is 4.79 Å². The third kappa shape index (κ3) is 3.25. The van der Waals surface area contributed by atoms with Crippen LogP contribution in [-0.2, 0) is 0 Å². The summed E-state index contributed by atoms with van der Waals surface area (Å²) in [7, 11) is 1.43. The van der Waals surface area contributed by atoms with Crippen molar-refractivity contribution in [3.63, 3.8) is 0 Å². The van der Waals surface area contributed by atoms with Crippen molar-refractivity contribution in [1.82, 2.24) is 4.90 Å². The zero-order valence-electron chi connectivity index (χ0n) is 15.0. The Bertz CT molecular complexity index is 856. The normalized spacial score (nSPS) is 24.1. The summed E-state index contributed by atoms with van der Waals surface area (Å²) >= 11 is 6.05. The van der Waals surface area contributed by atoms with Gasteiger partial charge in [0.15, 0.2) is 11.5 Å². The van der Waals surface area contributed by atoms with Crippen LogP contribution in [-0.4, -0.2) is 35.1 Å². The van der Waals surface area contributed by atoms with E-state index in [1.807, 2.05) is 17.0 Å². The summed E-state index contributed by atoms with van der Waals surface area (Å²) in [5.74, 6) is 0.0611. The summed E-state index contributed by atoms with van der Waals surface area (Å²) in [6.07, 6.45) is 3.68. The molecule has 2 fully saturated rings. The molecule has 2 aliphatic heterocycles. The molecule has 0 saturated carbocycles. The largest absolute Gasteiger partial charge is 0.503 e. The molecular weight excluding hydrogens is 369 g/mol. The van der Waals surface area contributed by atoms with E-state index in [1.165, 1.54) is 31.4 Å². The van der Waals surface area contributed by atoms with E-state index in [-0.39, 0.29) is 40.3 Å². The number of halogens is 2. The second-order valence-corrected chi connectivity index (χ2v) is 7.73. The van der Waals surface area contributed by atoms with Crippen LogP contribution in [0.4, 0.5) is 4.39 Å². The van der Waals surface area contributed by atoms with Crippen LogP contribution in [0.15, 0.2) is 36.4 Å². The van der Waals surface area contributed by atoms with E-state index >= 15 is 0 Å². The van der Waals surface area contributed by atoms with Gasteiger partial charge in [-0.2, -0.15) is 0 Å². The third-order valence-electron chi connectivity index (χ3n) is 5.80. The Morgan fingerprint density at radius 2 is 1.81 bits per heavy atom. The molecule has 142 valence electrons. The maximum absolute atomic E-state index is 13.2. The lowest BCUT2D eigenvalue weighted by Crippen LogP contribution is -2.46. The summed E-state index contributed by atoms with van der Waals surface area (Å²) in [6.45, 7) is 0. The summed E-state index contributed by atoms with van der Waals surface area (Å²) in [6, 6.07) is 10.0. The van der Waals surface area contributed by atoms with Crippen molar-refractivity contribution in [2.24, 2.45) is 0 Å². The zero-order chi connectivity index (χ0) is 19.1. The average Bonchev–Trinajstić information content (AvgIpc) is 2.93. The molecule has 6 heteroatoms. The minimum atomic E-state index is -0.229. The summed E-state index contributed by atoms with van der Waals surface area (Å²) < 4.78 is 18.3. The smallest absolute Gasteiger partial charge is 0.254 e. The number of ether oxygens (including phenoxy) is 1. The van der Waals surface area contributed by atoms with Gasteiger partial charge in [-0.25, -0.2) is 4.39 Å². The fourth-order valence-electron chi connectivity index (χ4n) is 4.52. The molecule has 1 amide bonds. The molecule has 0 spiro atoms. The molecule has 27 heavy (non-hydrogen) atoms. The molecule has 2 aromatic carbocycles. The van der Waals surface area contributed by atoms with Crippen LogP contribution in [0.25, 0.3) is 0 Å². The number of nitrogens with zero attached hydrogens (tertiary/aromatic N) is 1. The summed E-state index contributed by atoms with van der Waals surface area (Å²) in [4.78, 5) is 15.1. The van der Waals surface area contributed by atoms with E-state index in [0.717, 1.165) is 31.2 Å². The number of amides is 1. The Morgan fingerprint density at radius 1 is 1.19 bits per heavy atom. The van der Waals surface area contributed by atoms with Crippen LogP contribution >= 0.6 is 11.6 Å². The van der Waals surface area contributed by atoms with Crippen molar-refractivity contribution in [2.75, 3.05) is 7.11 Å². The average molecular weight is 390 g/mol. The number of fused-ring (bicyclic) bond motifs is 2. The van der Waals surface area contributed by atoms with E-state index in [4.69, 9.17) is 16.3 Å². The Morgan fingerprint density at radius 3 is 2.41 bits per heavy atom. The number of benzene rings is 2. The van der Waals surface area contributed by atoms with Gasteiger partial charge in [0.2, 0.25) is 0 Å². The van der Waals surface area contributed by atoms with Crippen LogP contribution in [0.3, 0.4) is 0 Å². The molecule has 0 unspecified atom stereocenters. The Balaban J connectivity index is 1.57. The molecule has 2 saturated heterocycles. The van der Waals surface area contributed by atoms with Gasteiger partial charge in [0, 0.05) is 17.6 Å². The SMILES string of the molecule is COc1cc(C(=O)N2[C@@H]3CC[C@H]2C[C@@H](c2ccc(F)cc2)C3)cc(Cl)c1O. The number of aromatic hydroxyl groups is 1. The van der Waals surface area contributed by atoms with Gasteiger partial charge in [-0.05, 0) is 61.4 Å². The summed E-state index contributed by atoms with van der Waals surface area (Å²) in [5, 5.41) is 10.0. The highest BCUT2D eigenvalue weighted by Crippen LogP contribution is 2.44. The minimum Gasteiger partial charge on any atom is -0.503 e. The topological polar surface area (TPSA) is 49.8 Å². The maximum Gasteiger partial charge on any atom is 0.254 e. The molecule has 2 heterocycles. The van der Waals surface area contributed by atoms with Crippen molar-refractivity contribution in [3.05, 3.63) is 58.4 Å². The quantitative estimate of drug-likeness (QED) is 0.824. The molecule has 0 aromatic heterocycles. The Kier molecular flexibility index (Phi) is 4.72. The van der Waals surface area contributed by atoms with Crippen LogP contribution in [0.1, 0.15) is 47.5 Å². The van der Waals surface area contributed by atoms with Crippen molar-refractivity contribution >= 4 is 17.5 Å². The third-order valence-corrected chi connectivity index (χ3v) is 6.09. The van der Waals surface area contributed by atoms with E-state index < -0.39 is 0 Å². The summed E-state index contributed by atoms with van der Waals surface area (Å²) in [5.41, 5.74) is 1.56. The Labute approximate surface area is 162 Å². The van der Waals surface area contributed by atoms with Crippen LogP contribution in [0.2, 0.25) is 5.02 Å². The Hall–Kier alpha value is -2.27. The predicted octanol–water partition coefficient (Wildman–Crippen LogP) is 4.74. The molecule has 2 aliphatic rings. The number of phenols is 1. The number of rotatable bonds is 3. The molecular formula is C21H21ClFNO3. The van der Waals surface area contributed by atoms with Gasteiger partial charge >= 0.3 is 0 Å². The molecule has 0 aliphatic carbocycles. The lowest BCUT2D eigenvalue weighted by atomic mass is 9.85. The van der Waals surface area contributed by atoms with Crippen LogP contribution < -0.4 is 4.74 Å². The molecule has 2 bridgehead atoms. The second kappa shape index (κ2) is 7.04. The van der Waals surface area contributed by atoms with Gasteiger partial charge in [-0.15, -0.1) is 0 Å². The first-order valence-corrected chi connectivity index (χ1v) is 9.50. The van der Waals surface area contributed by atoms with Gasteiger partial charge < -0.3 is 14.7 Å². The van der Waals surface area contributed by atoms with Crippen molar-refractivity contribution in [3.8, 4) is 11.5 Å². The van der Waals surface area contributed by atoms with Crippen LogP contribution in [0.5, 0.6) is 11.5 Å². The number of carbonyl (C=O) groups excluding carboxylic acids is 1. The molecule has 0 radical (unpaired) electrons. The molecule has 4 nitrogen and oxygen atoms in total. The van der Waals surface area contributed by atoms with Crippen molar-refractivity contribution in [2.45, 2.75) is 43.7 Å². The zero-order valence-corrected chi connectivity index (χ0v) is 15.7. The highest BCUT2D eigenvalue weighted by Gasteiger charge is 2.43. The molecule has 3 atom stereocenters. The maximum atomic E-state index is 13.2. The lowest BCUT2D eigenvalue weighted by molar-refractivity contribution is 0.0571. The minimum absolute atomic E-state index is 0.0831. The predicted molar refractivity (Wildman–Crippen MR) is 101 cm³/mol. The highest BCUT2D eigenvalue weighted by atomic mass is 35.5.